The van der Waals surface area contributed by atoms with Gasteiger partial charge in [-0.15, -0.1) is 21.5 Å². The number of thioether (sulfide) groups is 1. The van der Waals surface area contributed by atoms with Crippen molar-refractivity contribution in [2.75, 3.05) is 5.75 Å². The molecule has 2 heterocycles. The normalized spacial score (nSPS) is 14.4. The highest BCUT2D eigenvalue weighted by Gasteiger charge is 2.24. The first-order chi connectivity index (χ1) is 12.1. The van der Waals surface area contributed by atoms with E-state index in [0.717, 1.165) is 29.4 Å². The number of carbonyl (C=O) groups excluding carboxylic acids is 1. The van der Waals surface area contributed by atoms with E-state index < -0.39 is 0 Å². The van der Waals surface area contributed by atoms with Crippen LogP contribution in [0.3, 0.4) is 0 Å². The third-order valence-electron chi connectivity index (χ3n) is 4.18. The second-order valence-electron chi connectivity index (χ2n) is 6.55. The summed E-state index contributed by atoms with van der Waals surface area (Å²) in [6.45, 7) is 4.24. The van der Waals surface area contributed by atoms with Gasteiger partial charge in [0, 0.05) is 33.1 Å². The largest absolute Gasteiger partial charge is 0.353 e. The van der Waals surface area contributed by atoms with Crippen LogP contribution in [0.4, 0.5) is 0 Å². The van der Waals surface area contributed by atoms with Crippen molar-refractivity contribution >= 4 is 39.1 Å². The van der Waals surface area contributed by atoms with E-state index in [1.54, 1.807) is 11.3 Å². The molecule has 0 unspecified atom stereocenters. The molecule has 4 rings (SSSR count). The van der Waals surface area contributed by atoms with E-state index in [1.165, 1.54) is 21.8 Å². The molecule has 1 N–H and O–H groups in total. The Hall–Kier alpha value is -1.86. The van der Waals surface area contributed by atoms with Crippen LogP contribution in [0.2, 0.25) is 0 Å². The molecule has 0 aliphatic heterocycles. The first-order valence-corrected chi connectivity index (χ1v) is 10.3. The monoisotopic (exact) mass is 372 g/mol. The maximum atomic E-state index is 12.0. The van der Waals surface area contributed by atoms with Gasteiger partial charge in [0.05, 0.1) is 5.75 Å². The van der Waals surface area contributed by atoms with Crippen molar-refractivity contribution in [1.82, 2.24) is 20.1 Å². The van der Waals surface area contributed by atoms with Crippen molar-refractivity contribution in [2.45, 2.75) is 43.9 Å². The highest BCUT2D eigenvalue weighted by molar-refractivity contribution is 7.99. The number of hydrogen-bond donors (Lipinski definition) is 1. The van der Waals surface area contributed by atoms with E-state index in [2.05, 4.69) is 57.5 Å². The third kappa shape index (κ3) is 3.43. The molecule has 3 aromatic rings. The summed E-state index contributed by atoms with van der Waals surface area (Å²) < 4.78 is 3.37. The number of thiophene rings is 1. The Morgan fingerprint density at radius 3 is 2.92 bits per heavy atom. The lowest BCUT2D eigenvalue weighted by Gasteiger charge is -2.13. The van der Waals surface area contributed by atoms with Crippen molar-refractivity contribution in [1.29, 1.82) is 0 Å². The smallest absolute Gasteiger partial charge is 0.230 e. The fourth-order valence-electron chi connectivity index (χ4n) is 2.80. The Labute approximate surface area is 154 Å². The molecule has 1 amide bonds. The van der Waals surface area contributed by atoms with Crippen molar-refractivity contribution in [3.63, 3.8) is 0 Å². The minimum atomic E-state index is 0.0772. The molecule has 0 bridgehead atoms. The van der Waals surface area contributed by atoms with Gasteiger partial charge in [-0.1, -0.05) is 30.0 Å². The molecule has 1 saturated carbocycles. The SMILES string of the molecule is CC(C)n1c(SCC(=O)NC2CC2)nnc1-c1csc2ccccc12. The van der Waals surface area contributed by atoms with Crippen molar-refractivity contribution in [3.05, 3.63) is 29.6 Å². The van der Waals surface area contributed by atoms with E-state index in [0.29, 0.717) is 11.8 Å². The molecule has 7 heteroatoms. The van der Waals surface area contributed by atoms with Gasteiger partial charge in [0.2, 0.25) is 5.91 Å². The number of fused-ring (bicyclic) bond motifs is 1. The van der Waals surface area contributed by atoms with Crippen LogP contribution < -0.4 is 5.32 Å². The molecule has 25 heavy (non-hydrogen) atoms. The maximum Gasteiger partial charge on any atom is 0.230 e. The van der Waals surface area contributed by atoms with Crippen molar-refractivity contribution in [2.24, 2.45) is 0 Å². The lowest BCUT2D eigenvalue weighted by atomic mass is 10.1. The van der Waals surface area contributed by atoms with E-state index in [4.69, 9.17) is 0 Å². The molecule has 1 aliphatic carbocycles. The van der Waals surface area contributed by atoms with Crippen LogP contribution in [0.15, 0.2) is 34.8 Å². The lowest BCUT2D eigenvalue weighted by Crippen LogP contribution is -2.27. The average molecular weight is 373 g/mol. The molecule has 1 fully saturated rings. The Morgan fingerprint density at radius 1 is 1.36 bits per heavy atom. The summed E-state index contributed by atoms with van der Waals surface area (Å²) in [5.74, 6) is 1.33. The number of aromatic nitrogens is 3. The predicted molar refractivity (Wildman–Crippen MR) is 103 cm³/mol. The van der Waals surface area contributed by atoms with Gasteiger partial charge in [0.15, 0.2) is 11.0 Å². The van der Waals surface area contributed by atoms with Gasteiger partial charge in [0.1, 0.15) is 0 Å². The first kappa shape index (κ1) is 16.6. The minimum absolute atomic E-state index is 0.0772. The maximum absolute atomic E-state index is 12.0. The van der Waals surface area contributed by atoms with E-state index in [9.17, 15) is 4.79 Å². The highest BCUT2D eigenvalue weighted by Crippen LogP contribution is 2.35. The van der Waals surface area contributed by atoms with Gasteiger partial charge in [0.25, 0.3) is 0 Å². The van der Waals surface area contributed by atoms with Crippen LogP contribution in [0.25, 0.3) is 21.5 Å². The molecule has 0 radical (unpaired) electrons. The summed E-state index contributed by atoms with van der Waals surface area (Å²) in [6, 6.07) is 8.96. The number of rotatable bonds is 6. The van der Waals surface area contributed by atoms with Crippen LogP contribution in [-0.4, -0.2) is 32.5 Å². The molecular formula is C18H20N4OS2. The van der Waals surface area contributed by atoms with Gasteiger partial charge in [-0.3, -0.25) is 9.36 Å². The summed E-state index contributed by atoms with van der Waals surface area (Å²) >= 11 is 3.18. The Morgan fingerprint density at radius 2 is 2.16 bits per heavy atom. The van der Waals surface area contributed by atoms with Gasteiger partial charge < -0.3 is 5.32 Å². The summed E-state index contributed by atoms with van der Waals surface area (Å²) in [7, 11) is 0. The molecule has 5 nitrogen and oxygen atoms in total. The number of nitrogens with zero attached hydrogens (tertiary/aromatic N) is 3. The predicted octanol–water partition coefficient (Wildman–Crippen LogP) is 4.11. The summed E-state index contributed by atoms with van der Waals surface area (Å²) in [4.78, 5) is 12.0. The standard InChI is InChI=1S/C18H20N4OS2/c1-11(2)22-17(14-9-24-15-6-4-3-5-13(14)15)20-21-18(22)25-10-16(23)19-12-7-8-12/h3-6,9,11-12H,7-8,10H2,1-2H3,(H,19,23). The van der Waals surface area contributed by atoms with Crippen LogP contribution in [0.1, 0.15) is 32.7 Å². The number of hydrogen-bond acceptors (Lipinski definition) is 5. The van der Waals surface area contributed by atoms with Crippen molar-refractivity contribution < 1.29 is 4.79 Å². The number of amides is 1. The second kappa shape index (κ2) is 6.80. The second-order valence-corrected chi connectivity index (χ2v) is 8.40. The zero-order valence-corrected chi connectivity index (χ0v) is 15.9. The number of carbonyl (C=O) groups is 1. The van der Waals surface area contributed by atoms with Gasteiger partial charge in [-0.2, -0.15) is 0 Å². The molecule has 0 atom stereocenters. The van der Waals surface area contributed by atoms with Crippen LogP contribution in [0, 0.1) is 0 Å². The highest BCUT2D eigenvalue weighted by atomic mass is 32.2. The Balaban J connectivity index is 1.62. The van der Waals surface area contributed by atoms with E-state index >= 15 is 0 Å². The molecule has 2 aromatic heterocycles. The lowest BCUT2D eigenvalue weighted by molar-refractivity contribution is -0.118. The summed E-state index contributed by atoms with van der Waals surface area (Å²) in [5, 5.41) is 16.0. The van der Waals surface area contributed by atoms with Gasteiger partial charge >= 0.3 is 0 Å². The summed E-state index contributed by atoms with van der Waals surface area (Å²) in [5.41, 5.74) is 1.11. The third-order valence-corrected chi connectivity index (χ3v) is 6.08. The van der Waals surface area contributed by atoms with E-state index in [1.807, 2.05) is 6.07 Å². The zero-order chi connectivity index (χ0) is 17.4. The Bertz CT molecular complexity index is 911. The number of benzene rings is 1. The molecule has 130 valence electrons. The minimum Gasteiger partial charge on any atom is -0.353 e. The Kier molecular flexibility index (Phi) is 4.52. The van der Waals surface area contributed by atoms with Gasteiger partial charge in [-0.05, 0) is 32.8 Å². The topological polar surface area (TPSA) is 59.8 Å². The number of nitrogens with one attached hydrogen (secondary N) is 1. The van der Waals surface area contributed by atoms with Crippen molar-refractivity contribution in [3.8, 4) is 11.4 Å². The molecule has 1 aromatic carbocycles. The van der Waals surface area contributed by atoms with Crippen LogP contribution in [-0.2, 0) is 4.79 Å². The quantitative estimate of drug-likeness (QED) is 0.662. The van der Waals surface area contributed by atoms with E-state index in [-0.39, 0.29) is 11.9 Å². The molecule has 0 spiro atoms. The molecule has 1 aliphatic rings. The fourth-order valence-corrected chi connectivity index (χ4v) is 4.62. The fraction of sp³-hybridized carbons (Fsp3) is 0.389. The first-order valence-electron chi connectivity index (χ1n) is 8.47. The zero-order valence-electron chi connectivity index (χ0n) is 14.2. The molecular weight excluding hydrogens is 352 g/mol. The van der Waals surface area contributed by atoms with Gasteiger partial charge in [-0.25, -0.2) is 0 Å². The van der Waals surface area contributed by atoms with Crippen LogP contribution >= 0.6 is 23.1 Å². The summed E-state index contributed by atoms with van der Waals surface area (Å²) in [6.07, 6.45) is 2.21. The van der Waals surface area contributed by atoms with Crippen LogP contribution in [0.5, 0.6) is 0 Å². The average Bonchev–Trinajstić information content (AvgIpc) is 3.15. The molecule has 0 saturated heterocycles.